The number of rotatable bonds is 4. The zero-order chi connectivity index (χ0) is 17.3. The van der Waals surface area contributed by atoms with Crippen LogP contribution >= 0.6 is 0 Å². The minimum absolute atomic E-state index is 0.0491. The molecule has 0 fully saturated rings. The van der Waals surface area contributed by atoms with E-state index >= 15 is 0 Å². The molecule has 1 atom stereocenters. The van der Waals surface area contributed by atoms with E-state index < -0.39 is 23.5 Å². The summed E-state index contributed by atoms with van der Waals surface area (Å²) in [6.07, 6.45) is -9.05. The van der Waals surface area contributed by atoms with E-state index in [9.17, 15) is 26.3 Å². The number of hydrogen-bond acceptors (Lipinski definition) is 0. The first-order chi connectivity index (χ1) is 9.82. The Morgan fingerprint density at radius 1 is 0.773 bits per heavy atom. The topological polar surface area (TPSA) is 0 Å². The Bertz CT molecular complexity index is 464. The Balaban J connectivity index is 3.45. The average molecular weight is 326 g/mol. The molecule has 0 radical (unpaired) electrons. The lowest BCUT2D eigenvalue weighted by molar-refractivity contribution is -0.143. The van der Waals surface area contributed by atoms with E-state index in [1.165, 1.54) is 0 Å². The molecule has 1 rings (SSSR count). The van der Waals surface area contributed by atoms with Gasteiger partial charge in [0.1, 0.15) is 0 Å². The smallest absolute Gasteiger partial charge is 0.166 e. The molecule has 0 amide bonds. The quantitative estimate of drug-likeness (QED) is 0.553. The summed E-state index contributed by atoms with van der Waals surface area (Å²) >= 11 is 0. The molecule has 0 aromatic heterocycles. The largest absolute Gasteiger partial charge is 0.416 e. The first kappa shape index (κ1) is 18.8. The number of alkyl halides is 6. The van der Waals surface area contributed by atoms with Crippen LogP contribution in [-0.2, 0) is 12.4 Å². The van der Waals surface area contributed by atoms with Gasteiger partial charge >= 0.3 is 12.4 Å². The zero-order valence-electron chi connectivity index (χ0n) is 12.9. The molecule has 0 saturated heterocycles. The number of halogens is 6. The van der Waals surface area contributed by atoms with Gasteiger partial charge in [0.25, 0.3) is 0 Å². The van der Waals surface area contributed by atoms with Crippen molar-refractivity contribution in [3.63, 3.8) is 0 Å². The first-order valence-corrected chi connectivity index (χ1v) is 7.11. The molecular formula is C16H20F6. The van der Waals surface area contributed by atoms with Crippen LogP contribution in [0.2, 0.25) is 0 Å². The Morgan fingerprint density at radius 3 is 1.45 bits per heavy atom. The molecule has 6 heteroatoms. The second-order valence-electron chi connectivity index (χ2n) is 6.32. The predicted octanol–water partition coefficient (Wildman–Crippen LogP) is 6.51. The molecule has 126 valence electrons. The van der Waals surface area contributed by atoms with Crippen LogP contribution in [0, 0.1) is 11.8 Å². The summed E-state index contributed by atoms with van der Waals surface area (Å²) in [7, 11) is 0. The highest BCUT2D eigenvalue weighted by molar-refractivity contribution is 5.35. The van der Waals surface area contributed by atoms with Gasteiger partial charge in [-0.05, 0) is 47.9 Å². The van der Waals surface area contributed by atoms with Crippen LogP contribution in [-0.4, -0.2) is 0 Å². The monoisotopic (exact) mass is 326 g/mol. The van der Waals surface area contributed by atoms with Crippen molar-refractivity contribution < 1.29 is 26.3 Å². The van der Waals surface area contributed by atoms with Crippen LogP contribution in [0.5, 0.6) is 0 Å². The molecule has 0 heterocycles. The Hall–Kier alpha value is -1.20. The van der Waals surface area contributed by atoms with Crippen LogP contribution in [0.4, 0.5) is 26.3 Å². The third-order valence-corrected chi connectivity index (χ3v) is 3.57. The summed E-state index contributed by atoms with van der Waals surface area (Å²) < 4.78 is 77.4. The van der Waals surface area contributed by atoms with Crippen LogP contribution in [0.25, 0.3) is 0 Å². The van der Waals surface area contributed by atoms with Crippen molar-refractivity contribution >= 4 is 0 Å². The molecule has 0 bridgehead atoms. The van der Waals surface area contributed by atoms with E-state index in [2.05, 4.69) is 0 Å². The van der Waals surface area contributed by atoms with Gasteiger partial charge in [0.05, 0.1) is 11.1 Å². The molecule has 0 spiro atoms. The van der Waals surface area contributed by atoms with Crippen LogP contribution in [0.3, 0.4) is 0 Å². The van der Waals surface area contributed by atoms with E-state index in [0.717, 1.165) is 12.1 Å². The normalized spacial score (nSPS) is 14.7. The Kier molecular flexibility index (Phi) is 5.57. The van der Waals surface area contributed by atoms with Crippen LogP contribution in [0.15, 0.2) is 18.2 Å². The van der Waals surface area contributed by atoms with Crippen molar-refractivity contribution in [3.05, 3.63) is 34.9 Å². The lowest BCUT2D eigenvalue weighted by Crippen LogP contribution is -2.16. The van der Waals surface area contributed by atoms with Gasteiger partial charge < -0.3 is 0 Å². The average Bonchev–Trinajstić information content (AvgIpc) is 2.32. The van der Waals surface area contributed by atoms with Crippen molar-refractivity contribution in [1.29, 1.82) is 0 Å². The van der Waals surface area contributed by atoms with Gasteiger partial charge in [-0.1, -0.05) is 27.7 Å². The maximum absolute atomic E-state index is 12.9. The number of hydrogen-bond donors (Lipinski definition) is 0. The molecule has 22 heavy (non-hydrogen) atoms. The Morgan fingerprint density at radius 2 is 1.18 bits per heavy atom. The number of benzene rings is 1. The third kappa shape index (κ3) is 4.92. The third-order valence-electron chi connectivity index (χ3n) is 3.57. The SMILES string of the molecule is CC(C)CC(c1cc(C(F)(F)F)cc(C(F)(F)F)c1)C(C)C. The second kappa shape index (κ2) is 6.50. The van der Waals surface area contributed by atoms with Crippen molar-refractivity contribution in [2.24, 2.45) is 11.8 Å². The molecule has 1 unspecified atom stereocenters. The van der Waals surface area contributed by atoms with Crippen molar-refractivity contribution in [2.75, 3.05) is 0 Å². The van der Waals surface area contributed by atoms with Gasteiger partial charge in [-0.3, -0.25) is 0 Å². The summed E-state index contributed by atoms with van der Waals surface area (Å²) in [6.45, 7) is 7.41. The summed E-state index contributed by atoms with van der Waals surface area (Å²) in [5.74, 6) is -0.216. The van der Waals surface area contributed by atoms with E-state index in [-0.39, 0.29) is 29.4 Å². The van der Waals surface area contributed by atoms with Gasteiger partial charge in [-0.25, -0.2) is 0 Å². The molecule has 0 aliphatic heterocycles. The van der Waals surface area contributed by atoms with Crippen molar-refractivity contribution in [2.45, 2.75) is 52.4 Å². The molecule has 0 saturated carbocycles. The van der Waals surface area contributed by atoms with Crippen LogP contribution < -0.4 is 0 Å². The lowest BCUT2D eigenvalue weighted by Gasteiger charge is -2.25. The molecule has 0 nitrogen and oxygen atoms in total. The molecule has 1 aromatic carbocycles. The second-order valence-corrected chi connectivity index (χ2v) is 6.32. The summed E-state index contributed by atoms with van der Waals surface area (Å²) in [6, 6.07) is 1.88. The van der Waals surface area contributed by atoms with Crippen LogP contribution in [0.1, 0.15) is 56.7 Å². The maximum atomic E-state index is 12.9. The van der Waals surface area contributed by atoms with Gasteiger partial charge in [-0.15, -0.1) is 0 Å². The Labute approximate surface area is 126 Å². The highest BCUT2D eigenvalue weighted by atomic mass is 19.4. The highest BCUT2D eigenvalue weighted by Gasteiger charge is 2.37. The van der Waals surface area contributed by atoms with E-state index in [0.29, 0.717) is 6.42 Å². The van der Waals surface area contributed by atoms with E-state index in [4.69, 9.17) is 0 Å². The molecule has 0 N–H and O–H groups in total. The lowest BCUT2D eigenvalue weighted by atomic mass is 9.81. The predicted molar refractivity (Wildman–Crippen MR) is 73.5 cm³/mol. The molecule has 1 aromatic rings. The van der Waals surface area contributed by atoms with E-state index in [1.807, 2.05) is 13.8 Å². The minimum Gasteiger partial charge on any atom is -0.166 e. The van der Waals surface area contributed by atoms with E-state index in [1.54, 1.807) is 13.8 Å². The maximum Gasteiger partial charge on any atom is 0.416 e. The van der Waals surface area contributed by atoms with Crippen molar-refractivity contribution in [3.8, 4) is 0 Å². The highest BCUT2D eigenvalue weighted by Crippen LogP contribution is 2.40. The van der Waals surface area contributed by atoms with Gasteiger partial charge in [0, 0.05) is 0 Å². The fourth-order valence-electron chi connectivity index (χ4n) is 2.49. The van der Waals surface area contributed by atoms with Gasteiger partial charge in [0.15, 0.2) is 0 Å². The fourth-order valence-corrected chi connectivity index (χ4v) is 2.49. The van der Waals surface area contributed by atoms with Gasteiger partial charge in [-0.2, -0.15) is 26.3 Å². The summed E-state index contributed by atoms with van der Waals surface area (Å²) in [5.41, 5.74) is -2.38. The molecular weight excluding hydrogens is 306 g/mol. The van der Waals surface area contributed by atoms with Gasteiger partial charge in [0.2, 0.25) is 0 Å². The zero-order valence-corrected chi connectivity index (χ0v) is 12.9. The molecule has 0 aliphatic carbocycles. The fraction of sp³-hybridized carbons (Fsp3) is 0.625. The summed E-state index contributed by atoms with van der Waals surface area (Å²) in [5, 5.41) is 0. The standard InChI is InChI=1S/C16H20F6/c1-9(2)5-14(10(3)4)11-6-12(15(17,18)19)8-13(7-11)16(20,21)22/h6-10,14H,5H2,1-4H3. The summed E-state index contributed by atoms with van der Waals surface area (Å²) in [4.78, 5) is 0. The van der Waals surface area contributed by atoms with Crippen molar-refractivity contribution in [1.82, 2.24) is 0 Å². The minimum atomic E-state index is -4.80. The molecule has 0 aliphatic rings. The first-order valence-electron chi connectivity index (χ1n) is 7.11.